The molecular weight excluding hydrogens is 300 g/mol. The Hall–Kier alpha value is -3.21. The van der Waals surface area contributed by atoms with Crippen LogP contribution in [0.2, 0.25) is 0 Å². The lowest BCUT2D eigenvalue weighted by Crippen LogP contribution is -2.10. The van der Waals surface area contributed by atoms with Gasteiger partial charge in [0.05, 0.1) is 5.69 Å². The Morgan fingerprint density at radius 3 is 2.62 bits per heavy atom. The number of primary amides is 1. The van der Waals surface area contributed by atoms with Crippen molar-refractivity contribution in [2.45, 2.75) is 13.5 Å². The number of amides is 1. The minimum absolute atomic E-state index is 0.440. The van der Waals surface area contributed by atoms with Crippen LogP contribution in [0.15, 0.2) is 60.8 Å². The van der Waals surface area contributed by atoms with Gasteiger partial charge in [-0.25, -0.2) is 9.97 Å². The van der Waals surface area contributed by atoms with Crippen molar-refractivity contribution in [1.29, 1.82) is 0 Å². The Labute approximate surface area is 140 Å². The van der Waals surface area contributed by atoms with Gasteiger partial charge in [0, 0.05) is 23.9 Å². The van der Waals surface area contributed by atoms with Crippen LogP contribution >= 0.6 is 0 Å². The van der Waals surface area contributed by atoms with Crippen LogP contribution in [0.3, 0.4) is 0 Å². The maximum Gasteiger partial charge on any atom is 0.248 e. The highest BCUT2D eigenvalue weighted by Crippen LogP contribution is 2.18. The van der Waals surface area contributed by atoms with Crippen molar-refractivity contribution < 1.29 is 4.79 Å². The Balaban J connectivity index is 1.75. The van der Waals surface area contributed by atoms with Gasteiger partial charge in [0.1, 0.15) is 0 Å². The van der Waals surface area contributed by atoms with E-state index in [1.165, 1.54) is 11.1 Å². The van der Waals surface area contributed by atoms with E-state index in [9.17, 15) is 4.79 Å². The number of aryl methyl sites for hydroxylation is 1. The first kappa shape index (κ1) is 15.7. The van der Waals surface area contributed by atoms with E-state index in [0.29, 0.717) is 18.1 Å². The second kappa shape index (κ2) is 6.91. The summed E-state index contributed by atoms with van der Waals surface area (Å²) in [7, 11) is 0. The highest BCUT2D eigenvalue weighted by molar-refractivity contribution is 5.93. The van der Waals surface area contributed by atoms with Crippen LogP contribution in [0.5, 0.6) is 0 Å². The van der Waals surface area contributed by atoms with Gasteiger partial charge in [0.2, 0.25) is 11.9 Å². The molecule has 0 bridgehead atoms. The molecule has 0 spiro atoms. The first-order valence-electron chi connectivity index (χ1n) is 7.64. The van der Waals surface area contributed by atoms with Gasteiger partial charge in [0.15, 0.2) is 0 Å². The molecule has 1 amide bonds. The van der Waals surface area contributed by atoms with Crippen LogP contribution in [0.25, 0.3) is 11.3 Å². The van der Waals surface area contributed by atoms with E-state index < -0.39 is 5.91 Å². The summed E-state index contributed by atoms with van der Waals surface area (Å²) in [6.07, 6.45) is 1.71. The van der Waals surface area contributed by atoms with E-state index in [0.717, 1.165) is 11.3 Å². The fraction of sp³-hybridized carbons (Fsp3) is 0.105. The number of nitrogens with one attached hydrogen (secondary N) is 1. The Morgan fingerprint density at radius 2 is 1.92 bits per heavy atom. The quantitative estimate of drug-likeness (QED) is 0.757. The van der Waals surface area contributed by atoms with Crippen LogP contribution in [-0.4, -0.2) is 15.9 Å². The van der Waals surface area contributed by atoms with E-state index in [-0.39, 0.29) is 0 Å². The molecule has 0 atom stereocenters. The lowest BCUT2D eigenvalue weighted by atomic mass is 10.1. The van der Waals surface area contributed by atoms with Crippen molar-refractivity contribution in [2.24, 2.45) is 5.73 Å². The zero-order chi connectivity index (χ0) is 16.9. The summed E-state index contributed by atoms with van der Waals surface area (Å²) in [5.74, 6) is 0.123. The summed E-state index contributed by atoms with van der Waals surface area (Å²) in [5, 5.41) is 3.23. The third-order valence-corrected chi connectivity index (χ3v) is 3.65. The summed E-state index contributed by atoms with van der Waals surface area (Å²) in [4.78, 5) is 19.9. The van der Waals surface area contributed by atoms with Gasteiger partial charge in [-0.1, -0.05) is 42.0 Å². The standard InChI is InChI=1S/C19H18N4O/c1-13-3-2-4-14(11-13)12-22-19-21-10-9-17(23-19)15-5-7-16(8-6-15)18(20)24/h2-11H,12H2,1H3,(H2,20,24)(H,21,22,23). The summed E-state index contributed by atoms with van der Waals surface area (Å²) in [6, 6.07) is 17.2. The fourth-order valence-electron chi connectivity index (χ4n) is 2.41. The molecule has 1 aromatic heterocycles. The van der Waals surface area contributed by atoms with Crippen molar-refractivity contribution in [3.8, 4) is 11.3 Å². The molecule has 0 unspecified atom stereocenters. The Morgan fingerprint density at radius 1 is 1.12 bits per heavy atom. The number of carbonyl (C=O) groups is 1. The third-order valence-electron chi connectivity index (χ3n) is 3.65. The van der Waals surface area contributed by atoms with Crippen molar-refractivity contribution >= 4 is 11.9 Å². The van der Waals surface area contributed by atoms with E-state index in [1.54, 1.807) is 18.3 Å². The normalized spacial score (nSPS) is 10.4. The van der Waals surface area contributed by atoms with Crippen LogP contribution in [-0.2, 0) is 6.54 Å². The number of anilines is 1. The molecule has 24 heavy (non-hydrogen) atoms. The van der Waals surface area contributed by atoms with Gasteiger partial charge in [-0.2, -0.15) is 0 Å². The predicted molar refractivity (Wildman–Crippen MR) is 94.5 cm³/mol. The highest BCUT2D eigenvalue weighted by atomic mass is 16.1. The van der Waals surface area contributed by atoms with Crippen molar-refractivity contribution in [3.05, 3.63) is 77.5 Å². The third kappa shape index (κ3) is 3.76. The van der Waals surface area contributed by atoms with E-state index in [4.69, 9.17) is 5.73 Å². The van der Waals surface area contributed by atoms with Gasteiger partial charge in [0.25, 0.3) is 0 Å². The number of rotatable bonds is 5. The fourth-order valence-corrected chi connectivity index (χ4v) is 2.41. The Bertz CT molecular complexity index is 859. The Kier molecular flexibility index (Phi) is 4.52. The number of nitrogens with two attached hydrogens (primary N) is 1. The average Bonchev–Trinajstić information content (AvgIpc) is 2.60. The zero-order valence-corrected chi connectivity index (χ0v) is 13.4. The van der Waals surface area contributed by atoms with Gasteiger partial charge in [-0.3, -0.25) is 4.79 Å². The first-order chi connectivity index (χ1) is 11.6. The second-order valence-corrected chi connectivity index (χ2v) is 5.55. The molecule has 3 aromatic rings. The highest BCUT2D eigenvalue weighted by Gasteiger charge is 2.05. The summed E-state index contributed by atoms with van der Waals surface area (Å²) in [5.41, 5.74) is 9.82. The van der Waals surface area contributed by atoms with Crippen LogP contribution in [0.4, 0.5) is 5.95 Å². The van der Waals surface area contributed by atoms with E-state index in [1.807, 2.05) is 24.3 Å². The molecule has 0 radical (unpaired) electrons. The molecule has 0 fully saturated rings. The zero-order valence-electron chi connectivity index (χ0n) is 13.4. The molecule has 0 saturated carbocycles. The maximum absolute atomic E-state index is 11.1. The van der Waals surface area contributed by atoms with Gasteiger partial charge >= 0.3 is 0 Å². The van der Waals surface area contributed by atoms with Gasteiger partial charge < -0.3 is 11.1 Å². The molecular formula is C19H18N4O. The monoisotopic (exact) mass is 318 g/mol. The van der Waals surface area contributed by atoms with E-state index >= 15 is 0 Å². The average molecular weight is 318 g/mol. The number of carbonyl (C=O) groups excluding carboxylic acids is 1. The SMILES string of the molecule is Cc1cccc(CNc2nccc(-c3ccc(C(N)=O)cc3)n2)c1. The largest absolute Gasteiger partial charge is 0.366 e. The molecule has 120 valence electrons. The molecule has 3 rings (SSSR count). The minimum Gasteiger partial charge on any atom is -0.366 e. The molecule has 3 N–H and O–H groups in total. The van der Waals surface area contributed by atoms with Crippen LogP contribution < -0.4 is 11.1 Å². The predicted octanol–water partition coefficient (Wildman–Crippen LogP) is 3.16. The van der Waals surface area contributed by atoms with Crippen LogP contribution in [0, 0.1) is 6.92 Å². The summed E-state index contributed by atoms with van der Waals surface area (Å²) in [6.45, 7) is 2.72. The number of hydrogen-bond acceptors (Lipinski definition) is 4. The number of aromatic nitrogens is 2. The molecule has 2 aromatic carbocycles. The van der Waals surface area contributed by atoms with Crippen LogP contribution in [0.1, 0.15) is 21.5 Å². The molecule has 0 aliphatic heterocycles. The van der Waals surface area contributed by atoms with Gasteiger partial charge in [-0.15, -0.1) is 0 Å². The van der Waals surface area contributed by atoms with Crippen molar-refractivity contribution in [2.75, 3.05) is 5.32 Å². The molecule has 0 aliphatic carbocycles. The van der Waals surface area contributed by atoms with E-state index in [2.05, 4.69) is 40.4 Å². The van der Waals surface area contributed by atoms with Crippen molar-refractivity contribution in [1.82, 2.24) is 9.97 Å². The summed E-state index contributed by atoms with van der Waals surface area (Å²) >= 11 is 0. The lowest BCUT2D eigenvalue weighted by Gasteiger charge is -2.07. The first-order valence-corrected chi connectivity index (χ1v) is 7.64. The molecule has 5 nitrogen and oxygen atoms in total. The second-order valence-electron chi connectivity index (χ2n) is 5.55. The molecule has 1 heterocycles. The smallest absolute Gasteiger partial charge is 0.248 e. The minimum atomic E-state index is -0.440. The van der Waals surface area contributed by atoms with Gasteiger partial charge in [-0.05, 0) is 30.7 Å². The summed E-state index contributed by atoms with van der Waals surface area (Å²) < 4.78 is 0. The van der Waals surface area contributed by atoms with Crippen molar-refractivity contribution in [3.63, 3.8) is 0 Å². The maximum atomic E-state index is 11.1. The number of benzene rings is 2. The topological polar surface area (TPSA) is 80.9 Å². The lowest BCUT2D eigenvalue weighted by molar-refractivity contribution is 0.100. The number of nitrogens with zero attached hydrogens (tertiary/aromatic N) is 2. The molecule has 5 heteroatoms. The molecule has 0 saturated heterocycles. The number of hydrogen-bond donors (Lipinski definition) is 2. The molecule has 0 aliphatic rings.